The molecule has 0 saturated heterocycles. The zero-order valence-electron chi connectivity index (χ0n) is 8.87. The van der Waals surface area contributed by atoms with Crippen molar-refractivity contribution in [2.24, 2.45) is 0 Å². The van der Waals surface area contributed by atoms with Gasteiger partial charge < -0.3 is 10.1 Å². The first-order valence-electron chi connectivity index (χ1n) is 4.82. The Kier molecular flexibility index (Phi) is 4.35. The number of nitrogens with one attached hydrogen (secondary N) is 1. The van der Waals surface area contributed by atoms with Crippen LogP contribution in [0.2, 0.25) is 0 Å². The third kappa shape index (κ3) is 3.64. The van der Waals surface area contributed by atoms with Crippen LogP contribution in [-0.4, -0.2) is 24.9 Å². The van der Waals surface area contributed by atoms with Crippen LogP contribution < -0.4 is 5.32 Å². The van der Waals surface area contributed by atoms with Crippen molar-refractivity contribution in [1.82, 2.24) is 5.32 Å². The minimum Gasteiger partial charge on any atom is -0.373 e. The van der Waals surface area contributed by atoms with E-state index in [1.165, 1.54) is 24.4 Å². The molecule has 0 bridgehead atoms. The van der Waals surface area contributed by atoms with Gasteiger partial charge in [-0.3, -0.25) is 0 Å². The zero-order valence-corrected chi connectivity index (χ0v) is 8.87. The Morgan fingerprint density at radius 1 is 1.65 bits per heavy atom. The van der Waals surface area contributed by atoms with E-state index in [9.17, 15) is 13.2 Å². The number of nitriles is 1. The molecule has 0 aromatic heterocycles. The summed E-state index contributed by atoms with van der Waals surface area (Å²) < 4.78 is 42.9. The minimum absolute atomic E-state index is 0.0790. The molecule has 0 aromatic carbocycles. The molecule has 17 heavy (non-hydrogen) atoms. The van der Waals surface area contributed by atoms with Crippen molar-refractivity contribution in [1.29, 1.82) is 5.26 Å². The van der Waals surface area contributed by atoms with E-state index in [0.29, 0.717) is 0 Å². The number of nitrogens with zero attached hydrogens (tertiary/aromatic N) is 1. The molecule has 0 spiro atoms. The van der Waals surface area contributed by atoms with Gasteiger partial charge in [0.15, 0.2) is 6.10 Å². The van der Waals surface area contributed by atoms with Crippen molar-refractivity contribution < 1.29 is 17.9 Å². The van der Waals surface area contributed by atoms with Gasteiger partial charge in [-0.1, -0.05) is 6.08 Å². The van der Waals surface area contributed by atoms with Crippen LogP contribution in [0.1, 0.15) is 0 Å². The zero-order chi connectivity index (χ0) is 12.9. The van der Waals surface area contributed by atoms with E-state index in [-0.39, 0.29) is 12.2 Å². The first-order chi connectivity index (χ1) is 7.99. The van der Waals surface area contributed by atoms with Crippen LogP contribution in [0, 0.1) is 11.3 Å². The molecule has 2 atom stereocenters. The predicted octanol–water partition coefficient (Wildman–Crippen LogP) is 2.06. The summed E-state index contributed by atoms with van der Waals surface area (Å²) in [5.74, 6) is 0. The maximum Gasteiger partial charge on any atom is 0.418 e. The molecule has 1 rings (SSSR count). The summed E-state index contributed by atoms with van der Waals surface area (Å²) in [6.07, 6.45) is -1.56. The first kappa shape index (κ1) is 13.3. The molecule has 0 aromatic rings. The summed E-state index contributed by atoms with van der Waals surface area (Å²) in [7, 11) is 0. The van der Waals surface area contributed by atoms with E-state index < -0.39 is 18.3 Å². The molecule has 2 unspecified atom stereocenters. The molecule has 3 nitrogen and oxygen atoms in total. The lowest BCUT2D eigenvalue weighted by Crippen LogP contribution is -2.36. The number of hydrogen-bond donors (Lipinski definition) is 1. The van der Waals surface area contributed by atoms with Crippen LogP contribution in [0.15, 0.2) is 36.6 Å². The van der Waals surface area contributed by atoms with Gasteiger partial charge in [-0.2, -0.15) is 18.4 Å². The standard InChI is InChI=1S/C11H11F3N2O/c1-2-5-17-10(11(12,13)14)8-3-4-16-9(6-8)7-15/h2-4,6,9-10,16H,1,5H2. The maximum absolute atomic E-state index is 12.7. The lowest BCUT2D eigenvalue weighted by molar-refractivity contribution is -0.203. The molecule has 92 valence electrons. The SMILES string of the molecule is C=CCOC(C1=CC(C#N)NC=C1)C(F)(F)F. The average Bonchev–Trinajstić information content (AvgIpc) is 2.28. The van der Waals surface area contributed by atoms with Gasteiger partial charge in [-0.05, 0) is 23.9 Å². The molecule has 0 aliphatic carbocycles. The summed E-state index contributed by atoms with van der Waals surface area (Å²) >= 11 is 0. The van der Waals surface area contributed by atoms with E-state index in [1.807, 2.05) is 6.07 Å². The van der Waals surface area contributed by atoms with Gasteiger partial charge in [0, 0.05) is 0 Å². The van der Waals surface area contributed by atoms with Crippen LogP contribution in [0.25, 0.3) is 0 Å². The van der Waals surface area contributed by atoms with Crippen LogP contribution in [0.4, 0.5) is 13.2 Å². The van der Waals surface area contributed by atoms with Gasteiger partial charge in [0.25, 0.3) is 0 Å². The summed E-state index contributed by atoms with van der Waals surface area (Å²) in [4.78, 5) is 0. The van der Waals surface area contributed by atoms with E-state index >= 15 is 0 Å². The minimum atomic E-state index is -4.52. The fourth-order valence-corrected chi connectivity index (χ4v) is 1.34. The van der Waals surface area contributed by atoms with Gasteiger partial charge >= 0.3 is 6.18 Å². The molecule has 0 fully saturated rings. The lowest BCUT2D eigenvalue weighted by atomic mass is 10.0. The van der Waals surface area contributed by atoms with E-state index in [1.54, 1.807) is 0 Å². The van der Waals surface area contributed by atoms with Crippen LogP contribution >= 0.6 is 0 Å². The van der Waals surface area contributed by atoms with Gasteiger partial charge in [-0.15, -0.1) is 6.58 Å². The fourth-order valence-electron chi connectivity index (χ4n) is 1.34. The number of ether oxygens (including phenoxy) is 1. The van der Waals surface area contributed by atoms with Gasteiger partial charge in [-0.25, -0.2) is 0 Å². The predicted molar refractivity (Wildman–Crippen MR) is 55.8 cm³/mol. The second-order valence-electron chi connectivity index (χ2n) is 3.32. The molecule has 1 N–H and O–H groups in total. The van der Waals surface area contributed by atoms with Crippen molar-refractivity contribution in [2.45, 2.75) is 18.3 Å². The molecule has 0 amide bonds. The Morgan fingerprint density at radius 3 is 2.88 bits per heavy atom. The molecule has 1 aliphatic rings. The van der Waals surface area contributed by atoms with E-state index in [2.05, 4.69) is 16.6 Å². The van der Waals surface area contributed by atoms with Crippen LogP contribution in [-0.2, 0) is 4.74 Å². The number of rotatable bonds is 4. The van der Waals surface area contributed by atoms with Crippen molar-refractivity contribution in [2.75, 3.05) is 6.61 Å². The quantitative estimate of drug-likeness (QED) is 0.770. The Morgan fingerprint density at radius 2 is 2.35 bits per heavy atom. The van der Waals surface area contributed by atoms with Crippen LogP contribution in [0.3, 0.4) is 0 Å². The molecule has 6 heteroatoms. The van der Waals surface area contributed by atoms with Crippen molar-refractivity contribution >= 4 is 0 Å². The molecular formula is C11H11F3N2O. The Labute approximate surface area is 96.9 Å². The summed E-state index contributed by atoms with van der Waals surface area (Å²) in [6, 6.07) is 1.04. The summed E-state index contributed by atoms with van der Waals surface area (Å²) in [5.41, 5.74) is -0.0790. The molecule has 1 heterocycles. The first-order valence-corrected chi connectivity index (χ1v) is 4.82. The lowest BCUT2D eigenvalue weighted by Gasteiger charge is -2.24. The highest BCUT2D eigenvalue weighted by atomic mass is 19.4. The molecule has 1 aliphatic heterocycles. The third-order valence-electron chi connectivity index (χ3n) is 2.03. The van der Waals surface area contributed by atoms with Crippen LogP contribution in [0.5, 0.6) is 0 Å². The highest BCUT2D eigenvalue weighted by Gasteiger charge is 2.42. The summed E-state index contributed by atoms with van der Waals surface area (Å²) in [5, 5.41) is 11.2. The fraction of sp³-hybridized carbons (Fsp3) is 0.364. The normalized spacial score (nSPS) is 21.1. The number of alkyl halides is 3. The smallest absolute Gasteiger partial charge is 0.373 e. The Bertz CT molecular complexity index is 379. The Balaban J connectivity index is 2.90. The van der Waals surface area contributed by atoms with E-state index in [4.69, 9.17) is 5.26 Å². The third-order valence-corrected chi connectivity index (χ3v) is 2.03. The molecule has 0 radical (unpaired) electrons. The van der Waals surface area contributed by atoms with Crippen molar-refractivity contribution in [3.63, 3.8) is 0 Å². The molecule has 0 saturated carbocycles. The van der Waals surface area contributed by atoms with Crippen molar-refractivity contribution in [3.05, 3.63) is 36.6 Å². The summed E-state index contributed by atoms with van der Waals surface area (Å²) in [6.45, 7) is 3.09. The highest BCUT2D eigenvalue weighted by Crippen LogP contribution is 2.30. The van der Waals surface area contributed by atoms with Gasteiger partial charge in [0.05, 0.1) is 12.7 Å². The van der Waals surface area contributed by atoms with Crippen molar-refractivity contribution in [3.8, 4) is 6.07 Å². The number of dihydropyridines is 1. The van der Waals surface area contributed by atoms with Gasteiger partial charge in [0.1, 0.15) is 6.04 Å². The molecular weight excluding hydrogens is 233 g/mol. The van der Waals surface area contributed by atoms with Gasteiger partial charge in [0.2, 0.25) is 0 Å². The average molecular weight is 244 g/mol. The monoisotopic (exact) mass is 244 g/mol. The topological polar surface area (TPSA) is 45.0 Å². The second kappa shape index (κ2) is 5.55. The number of hydrogen-bond acceptors (Lipinski definition) is 3. The number of halogens is 3. The largest absolute Gasteiger partial charge is 0.418 e. The Hall–Kier alpha value is -1.74. The second-order valence-corrected chi connectivity index (χ2v) is 3.32. The maximum atomic E-state index is 12.7. The van der Waals surface area contributed by atoms with E-state index in [0.717, 1.165) is 0 Å². The highest BCUT2D eigenvalue weighted by molar-refractivity contribution is 5.32.